The second-order valence-corrected chi connectivity index (χ2v) is 4.90. The van der Waals surface area contributed by atoms with Gasteiger partial charge in [-0.1, -0.05) is 44.9 Å². The van der Waals surface area contributed by atoms with Crippen LogP contribution in [0.5, 0.6) is 0 Å². The minimum atomic E-state index is -0.314. The first-order valence-electron chi connectivity index (χ1n) is 6.22. The van der Waals surface area contributed by atoms with Crippen LogP contribution in [0.15, 0.2) is 0 Å². The van der Waals surface area contributed by atoms with Crippen molar-refractivity contribution < 1.29 is 4.79 Å². The van der Waals surface area contributed by atoms with E-state index in [0.717, 1.165) is 25.8 Å². The van der Waals surface area contributed by atoms with Crippen LogP contribution in [0.25, 0.3) is 0 Å². The lowest BCUT2D eigenvalue weighted by Crippen LogP contribution is -2.32. The molecule has 0 saturated carbocycles. The summed E-state index contributed by atoms with van der Waals surface area (Å²) in [5.74, 6) is 0.0240. The van der Waals surface area contributed by atoms with Gasteiger partial charge in [0.1, 0.15) is 5.38 Å². The molecule has 88 valence electrons. The number of nitrogens with one attached hydrogen (secondary N) is 1. The van der Waals surface area contributed by atoms with E-state index in [9.17, 15) is 4.79 Å². The average molecular weight is 232 g/mol. The van der Waals surface area contributed by atoms with Gasteiger partial charge in [0.05, 0.1) is 0 Å². The third-order valence-electron chi connectivity index (χ3n) is 2.97. The van der Waals surface area contributed by atoms with Crippen LogP contribution in [0.4, 0.5) is 0 Å². The highest BCUT2D eigenvalue weighted by atomic mass is 35.5. The molecular formula is C12H22ClNO. The lowest BCUT2D eigenvalue weighted by molar-refractivity contribution is -0.120. The summed E-state index contributed by atoms with van der Waals surface area (Å²) >= 11 is 5.99. The smallest absolute Gasteiger partial charge is 0.238 e. The quantitative estimate of drug-likeness (QED) is 0.638. The molecule has 15 heavy (non-hydrogen) atoms. The predicted molar refractivity (Wildman–Crippen MR) is 64.2 cm³/mol. The lowest BCUT2D eigenvalue weighted by atomic mass is 10.1. The van der Waals surface area contributed by atoms with Gasteiger partial charge >= 0.3 is 0 Å². The molecule has 1 saturated heterocycles. The summed E-state index contributed by atoms with van der Waals surface area (Å²) in [6.07, 6.45) is 10.7. The van der Waals surface area contributed by atoms with Gasteiger partial charge in [0.25, 0.3) is 0 Å². The largest absolute Gasteiger partial charge is 0.355 e. The normalized spacial score (nSPS) is 27.0. The summed E-state index contributed by atoms with van der Waals surface area (Å²) in [6.45, 7) is 0.794. The Morgan fingerprint density at radius 1 is 0.933 bits per heavy atom. The molecule has 2 nitrogen and oxygen atoms in total. The fourth-order valence-electron chi connectivity index (χ4n) is 1.96. The van der Waals surface area contributed by atoms with Crippen molar-refractivity contribution in [2.45, 2.75) is 63.2 Å². The molecule has 0 radical (unpaired) electrons. The highest BCUT2D eigenvalue weighted by Crippen LogP contribution is 2.13. The highest BCUT2D eigenvalue weighted by molar-refractivity contribution is 6.30. The number of halogens is 1. The summed E-state index contributed by atoms with van der Waals surface area (Å²) in [4.78, 5) is 11.5. The van der Waals surface area contributed by atoms with Crippen molar-refractivity contribution in [1.29, 1.82) is 0 Å². The Bertz CT molecular complexity index is 184. The van der Waals surface area contributed by atoms with Crippen LogP contribution in [0.3, 0.4) is 0 Å². The third-order valence-corrected chi connectivity index (χ3v) is 3.38. The number of carbonyl (C=O) groups is 1. The monoisotopic (exact) mass is 231 g/mol. The summed E-state index contributed by atoms with van der Waals surface area (Å²) < 4.78 is 0. The van der Waals surface area contributed by atoms with Crippen LogP contribution in [-0.4, -0.2) is 17.8 Å². The third kappa shape index (κ3) is 6.03. The van der Waals surface area contributed by atoms with E-state index in [1.165, 1.54) is 38.5 Å². The van der Waals surface area contributed by atoms with Crippen LogP contribution >= 0.6 is 11.6 Å². The van der Waals surface area contributed by atoms with E-state index < -0.39 is 0 Å². The standard InChI is InChI=1S/C12H22ClNO/c13-11-9-7-5-3-1-2-4-6-8-10-14-12(11)15/h11H,1-10H2,(H,14,15). The van der Waals surface area contributed by atoms with Gasteiger partial charge in [0.2, 0.25) is 5.91 Å². The number of alkyl halides is 1. The molecule has 0 bridgehead atoms. The molecule has 1 heterocycles. The lowest BCUT2D eigenvalue weighted by Gasteiger charge is -2.09. The van der Waals surface area contributed by atoms with Crippen LogP contribution in [0, 0.1) is 0 Å². The predicted octanol–water partition coefficient (Wildman–Crippen LogP) is 3.23. The second-order valence-electron chi connectivity index (χ2n) is 4.38. The first kappa shape index (κ1) is 12.8. The van der Waals surface area contributed by atoms with Crippen molar-refractivity contribution >= 4 is 17.5 Å². The van der Waals surface area contributed by atoms with Gasteiger partial charge in [-0.05, 0) is 12.8 Å². The Labute approximate surface area is 97.8 Å². The van der Waals surface area contributed by atoms with Crippen LogP contribution in [0.1, 0.15) is 57.8 Å². The topological polar surface area (TPSA) is 29.1 Å². The molecular weight excluding hydrogens is 210 g/mol. The van der Waals surface area contributed by atoms with Crippen molar-refractivity contribution in [3.05, 3.63) is 0 Å². The Hall–Kier alpha value is -0.240. The summed E-state index contributed by atoms with van der Waals surface area (Å²) in [7, 11) is 0. The maximum atomic E-state index is 11.5. The highest BCUT2D eigenvalue weighted by Gasteiger charge is 2.13. The van der Waals surface area contributed by atoms with Crippen molar-refractivity contribution in [1.82, 2.24) is 5.32 Å². The van der Waals surface area contributed by atoms with Crippen molar-refractivity contribution in [2.24, 2.45) is 0 Å². The van der Waals surface area contributed by atoms with E-state index in [1.807, 2.05) is 0 Å². The molecule has 0 aromatic rings. The van der Waals surface area contributed by atoms with E-state index in [0.29, 0.717) is 0 Å². The number of carbonyl (C=O) groups excluding carboxylic acids is 1. The van der Waals surface area contributed by atoms with Gasteiger partial charge < -0.3 is 5.32 Å². The average Bonchev–Trinajstić information content (AvgIpc) is 2.25. The zero-order valence-electron chi connectivity index (χ0n) is 9.43. The molecule has 3 heteroatoms. The number of hydrogen-bond acceptors (Lipinski definition) is 1. The van der Waals surface area contributed by atoms with E-state index in [1.54, 1.807) is 0 Å². The van der Waals surface area contributed by atoms with Gasteiger partial charge in [-0.15, -0.1) is 11.6 Å². The molecule has 1 amide bonds. The van der Waals surface area contributed by atoms with Gasteiger partial charge in [0, 0.05) is 6.54 Å². The van der Waals surface area contributed by atoms with Gasteiger partial charge in [-0.3, -0.25) is 4.79 Å². The fourth-order valence-corrected chi connectivity index (χ4v) is 2.19. The molecule has 0 aromatic carbocycles. The fraction of sp³-hybridized carbons (Fsp3) is 0.917. The Morgan fingerprint density at radius 2 is 1.47 bits per heavy atom. The zero-order chi connectivity index (χ0) is 10.9. The molecule has 1 fully saturated rings. The first-order valence-corrected chi connectivity index (χ1v) is 6.66. The molecule has 0 aromatic heterocycles. The van der Waals surface area contributed by atoms with Crippen molar-refractivity contribution in [3.63, 3.8) is 0 Å². The zero-order valence-corrected chi connectivity index (χ0v) is 10.2. The Kier molecular flexibility index (Phi) is 6.82. The number of rotatable bonds is 0. The maximum absolute atomic E-state index is 11.5. The molecule has 0 spiro atoms. The molecule has 1 aliphatic heterocycles. The van der Waals surface area contributed by atoms with E-state index in [4.69, 9.17) is 11.6 Å². The maximum Gasteiger partial charge on any atom is 0.238 e. The second kappa shape index (κ2) is 7.98. The van der Waals surface area contributed by atoms with E-state index in [-0.39, 0.29) is 11.3 Å². The molecule has 1 unspecified atom stereocenters. The van der Waals surface area contributed by atoms with Gasteiger partial charge in [-0.25, -0.2) is 0 Å². The van der Waals surface area contributed by atoms with Gasteiger partial charge in [-0.2, -0.15) is 0 Å². The molecule has 0 aliphatic carbocycles. The SMILES string of the molecule is O=C1NCCCCCCCCCCC1Cl. The molecule has 1 atom stereocenters. The number of amides is 1. The Morgan fingerprint density at radius 3 is 2.13 bits per heavy atom. The minimum Gasteiger partial charge on any atom is -0.355 e. The van der Waals surface area contributed by atoms with Crippen molar-refractivity contribution in [3.8, 4) is 0 Å². The van der Waals surface area contributed by atoms with Crippen molar-refractivity contribution in [2.75, 3.05) is 6.54 Å². The first-order chi connectivity index (χ1) is 7.30. The molecule has 1 aliphatic rings. The number of hydrogen-bond donors (Lipinski definition) is 1. The van der Waals surface area contributed by atoms with Gasteiger partial charge in [0.15, 0.2) is 0 Å². The Balaban J connectivity index is 2.27. The summed E-state index contributed by atoms with van der Waals surface area (Å²) in [6, 6.07) is 0. The van der Waals surface area contributed by atoms with Crippen LogP contribution in [-0.2, 0) is 4.79 Å². The van der Waals surface area contributed by atoms with E-state index >= 15 is 0 Å². The summed E-state index contributed by atoms with van der Waals surface area (Å²) in [5.41, 5.74) is 0. The minimum absolute atomic E-state index is 0.0240. The molecule has 1 N–H and O–H groups in total. The van der Waals surface area contributed by atoms with Crippen LogP contribution in [0.2, 0.25) is 0 Å². The molecule has 1 rings (SSSR count). The van der Waals surface area contributed by atoms with E-state index in [2.05, 4.69) is 5.32 Å². The van der Waals surface area contributed by atoms with Crippen LogP contribution < -0.4 is 5.32 Å². The summed E-state index contributed by atoms with van der Waals surface area (Å²) in [5, 5.41) is 2.59.